The van der Waals surface area contributed by atoms with Crippen LogP contribution in [0.5, 0.6) is 11.5 Å². The Morgan fingerprint density at radius 3 is 2.21 bits per heavy atom. The van der Waals surface area contributed by atoms with Gasteiger partial charge in [0, 0.05) is 48.9 Å². The molecular weight excluding hydrogens is 432 g/mol. The molecule has 1 saturated heterocycles. The molecule has 3 heterocycles. The molecule has 174 valence electrons. The maximum Gasteiger partial charge on any atom is 0.198 e. The molecule has 0 N–H and O–H groups in total. The Bertz CT molecular complexity index is 1310. The van der Waals surface area contributed by atoms with Crippen LogP contribution in [0.1, 0.15) is 17.3 Å². The second-order valence-corrected chi connectivity index (χ2v) is 8.15. The third-order valence-electron chi connectivity index (χ3n) is 6.14. The van der Waals surface area contributed by atoms with Gasteiger partial charge in [-0.15, -0.1) is 0 Å². The van der Waals surface area contributed by atoms with Crippen LogP contribution in [-0.4, -0.2) is 56.1 Å². The summed E-state index contributed by atoms with van der Waals surface area (Å²) in [5.41, 5.74) is 2.60. The summed E-state index contributed by atoms with van der Waals surface area (Å²) in [6, 6.07) is 15.3. The quantitative estimate of drug-likeness (QED) is 0.393. The van der Waals surface area contributed by atoms with E-state index < -0.39 is 0 Å². The van der Waals surface area contributed by atoms with Crippen molar-refractivity contribution in [2.45, 2.75) is 6.92 Å². The molecule has 0 saturated carbocycles. The number of anilines is 2. The second-order valence-electron chi connectivity index (χ2n) is 8.15. The van der Waals surface area contributed by atoms with Crippen LogP contribution in [0, 0.1) is 0 Å². The number of nitrogens with zero attached hydrogens (tertiary/aromatic N) is 4. The highest BCUT2D eigenvalue weighted by atomic mass is 16.5. The zero-order chi connectivity index (χ0) is 23.7. The van der Waals surface area contributed by atoms with Gasteiger partial charge in [-0.2, -0.15) is 0 Å². The number of Topliss-reactive ketones (excluding diaryl/α,β-unsaturated/α-hetero) is 1. The summed E-state index contributed by atoms with van der Waals surface area (Å²) in [4.78, 5) is 25.8. The van der Waals surface area contributed by atoms with Crippen molar-refractivity contribution in [3.63, 3.8) is 0 Å². The molecule has 0 radical (unpaired) electrons. The van der Waals surface area contributed by atoms with E-state index in [1.54, 1.807) is 27.4 Å². The smallest absolute Gasteiger partial charge is 0.198 e. The number of carbonyl (C=O) groups is 1. The van der Waals surface area contributed by atoms with E-state index in [1.165, 1.54) is 0 Å². The summed E-state index contributed by atoms with van der Waals surface area (Å²) in [6.45, 7) is 4.81. The van der Waals surface area contributed by atoms with Crippen molar-refractivity contribution in [1.82, 2.24) is 9.97 Å². The molecular formula is C26H26N4O4. The number of furan rings is 1. The molecule has 1 aliphatic heterocycles. The van der Waals surface area contributed by atoms with Crippen LogP contribution in [0.4, 0.5) is 11.5 Å². The number of ketones is 1. The van der Waals surface area contributed by atoms with E-state index in [-0.39, 0.29) is 5.78 Å². The van der Waals surface area contributed by atoms with E-state index in [2.05, 4.69) is 9.80 Å². The van der Waals surface area contributed by atoms with Gasteiger partial charge in [0.05, 0.1) is 26.0 Å². The maximum atomic E-state index is 11.6. The van der Waals surface area contributed by atoms with Gasteiger partial charge in [0.25, 0.3) is 0 Å². The number of benzene rings is 2. The lowest BCUT2D eigenvalue weighted by Gasteiger charge is -2.37. The van der Waals surface area contributed by atoms with Crippen molar-refractivity contribution >= 4 is 28.2 Å². The molecule has 0 unspecified atom stereocenters. The summed E-state index contributed by atoms with van der Waals surface area (Å²) >= 11 is 0. The molecule has 1 fully saturated rings. The van der Waals surface area contributed by atoms with Crippen LogP contribution in [0.25, 0.3) is 22.5 Å². The lowest BCUT2D eigenvalue weighted by Crippen LogP contribution is -2.47. The molecule has 8 nitrogen and oxygen atoms in total. The fraction of sp³-hybridized carbons (Fsp3) is 0.269. The van der Waals surface area contributed by atoms with E-state index >= 15 is 0 Å². The van der Waals surface area contributed by atoms with E-state index in [1.807, 2.05) is 48.5 Å². The Balaban J connectivity index is 1.48. The van der Waals surface area contributed by atoms with Crippen LogP contribution in [0.15, 0.2) is 59.2 Å². The highest BCUT2D eigenvalue weighted by Gasteiger charge is 2.23. The molecule has 0 aliphatic carbocycles. The molecule has 8 heteroatoms. The minimum atomic E-state index is 0.0754. The first-order chi connectivity index (χ1) is 16.6. The lowest BCUT2D eigenvalue weighted by atomic mass is 10.1. The fourth-order valence-electron chi connectivity index (χ4n) is 4.28. The summed E-state index contributed by atoms with van der Waals surface area (Å²) in [5.74, 6) is 3.30. The number of fused-ring (bicyclic) bond motifs is 1. The monoisotopic (exact) mass is 458 g/mol. The third-order valence-corrected chi connectivity index (χ3v) is 6.14. The Morgan fingerprint density at radius 1 is 0.912 bits per heavy atom. The van der Waals surface area contributed by atoms with Gasteiger partial charge in [0.15, 0.2) is 28.9 Å². The predicted molar refractivity (Wildman–Crippen MR) is 131 cm³/mol. The topological polar surface area (TPSA) is 80.9 Å². The first kappa shape index (κ1) is 21.8. The SMILES string of the molecule is COc1cc2nc(-c3ccco3)nc(N3CCN(c4ccc(C(C)=O)cc4)CC3)c2cc1OC. The minimum Gasteiger partial charge on any atom is -0.493 e. The Labute approximate surface area is 197 Å². The van der Waals surface area contributed by atoms with Crippen molar-refractivity contribution in [3.8, 4) is 23.1 Å². The summed E-state index contributed by atoms with van der Waals surface area (Å²) < 4.78 is 16.6. The zero-order valence-electron chi connectivity index (χ0n) is 19.4. The maximum absolute atomic E-state index is 11.6. The van der Waals surface area contributed by atoms with Gasteiger partial charge in [0.2, 0.25) is 0 Å². The normalized spacial score (nSPS) is 13.9. The van der Waals surface area contributed by atoms with Crippen molar-refractivity contribution in [2.24, 2.45) is 0 Å². The van der Waals surface area contributed by atoms with Gasteiger partial charge in [-0.3, -0.25) is 4.79 Å². The molecule has 5 rings (SSSR count). The lowest BCUT2D eigenvalue weighted by molar-refractivity contribution is 0.101. The minimum absolute atomic E-state index is 0.0754. The Morgan fingerprint density at radius 2 is 1.59 bits per heavy atom. The first-order valence-corrected chi connectivity index (χ1v) is 11.2. The number of rotatable bonds is 6. The van der Waals surface area contributed by atoms with Crippen molar-refractivity contribution < 1.29 is 18.7 Å². The van der Waals surface area contributed by atoms with E-state index in [4.69, 9.17) is 23.9 Å². The average Bonchev–Trinajstić information content (AvgIpc) is 3.42. The van der Waals surface area contributed by atoms with Gasteiger partial charge in [0.1, 0.15) is 5.82 Å². The number of hydrogen-bond acceptors (Lipinski definition) is 8. The van der Waals surface area contributed by atoms with Crippen LogP contribution in [-0.2, 0) is 0 Å². The largest absolute Gasteiger partial charge is 0.493 e. The molecule has 4 aromatic rings. The van der Waals surface area contributed by atoms with Gasteiger partial charge < -0.3 is 23.7 Å². The summed E-state index contributed by atoms with van der Waals surface area (Å²) in [5, 5.41) is 0.896. The predicted octanol–water partition coefficient (Wildman–Crippen LogP) is 4.44. The molecule has 2 aromatic carbocycles. The van der Waals surface area contributed by atoms with E-state index in [0.717, 1.165) is 54.2 Å². The third kappa shape index (κ3) is 4.03. The molecule has 0 amide bonds. The van der Waals surface area contributed by atoms with E-state index in [0.29, 0.717) is 23.1 Å². The number of aromatic nitrogens is 2. The van der Waals surface area contributed by atoms with Crippen molar-refractivity contribution in [1.29, 1.82) is 0 Å². The van der Waals surface area contributed by atoms with Crippen LogP contribution < -0.4 is 19.3 Å². The molecule has 1 aliphatic rings. The van der Waals surface area contributed by atoms with Crippen LogP contribution in [0.2, 0.25) is 0 Å². The Kier molecular flexibility index (Phi) is 5.79. The number of ether oxygens (including phenoxy) is 2. The highest BCUT2D eigenvalue weighted by Crippen LogP contribution is 2.37. The van der Waals surface area contributed by atoms with Gasteiger partial charge in [-0.05, 0) is 49.4 Å². The second kappa shape index (κ2) is 9.05. The number of piperazine rings is 1. The highest BCUT2D eigenvalue weighted by molar-refractivity contribution is 5.94. The summed E-state index contributed by atoms with van der Waals surface area (Å²) in [6.07, 6.45) is 1.62. The average molecular weight is 459 g/mol. The van der Waals surface area contributed by atoms with Gasteiger partial charge in [-0.1, -0.05) is 0 Å². The van der Waals surface area contributed by atoms with Gasteiger partial charge >= 0.3 is 0 Å². The standard InChI is InChI=1S/C26H26N4O4/c1-17(31)18-6-8-19(9-7-18)29-10-12-30(13-11-29)26-20-15-23(32-2)24(33-3)16-21(20)27-25(28-26)22-5-4-14-34-22/h4-9,14-16H,10-13H2,1-3H3. The molecule has 34 heavy (non-hydrogen) atoms. The number of methoxy groups -OCH3 is 2. The van der Waals surface area contributed by atoms with Crippen molar-refractivity contribution in [2.75, 3.05) is 50.2 Å². The zero-order valence-corrected chi connectivity index (χ0v) is 19.4. The fourth-order valence-corrected chi connectivity index (χ4v) is 4.28. The van der Waals surface area contributed by atoms with Crippen LogP contribution >= 0.6 is 0 Å². The molecule has 2 aromatic heterocycles. The number of carbonyl (C=O) groups excluding carboxylic acids is 1. The number of hydrogen-bond donors (Lipinski definition) is 0. The first-order valence-electron chi connectivity index (χ1n) is 11.2. The molecule has 0 spiro atoms. The van der Waals surface area contributed by atoms with Crippen LogP contribution in [0.3, 0.4) is 0 Å². The van der Waals surface area contributed by atoms with Crippen molar-refractivity contribution in [3.05, 3.63) is 60.4 Å². The van der Waals surface area contributed by atoms with Gasteiger partial charge in [-0.25, -0.2) is 9.97 Å². The Hall–Kier alpha value is -4.07. The molecule has 0 atom stereocenters. The molecule has 0 bridgehead atoms. The summed E-state index contributed by atoms with van der Waals surface area (Å²) in [7, 11) is 3.24. The van der Waals surface area contributed by atoms with E-state index in [9.17, 15) is 4.79 Å².